The van der Waals surface area contributed by atoms with Crippen LogP contribution < -0.4 is 11.1 Å². The first kappa shape index (κ1) is 14.9. The van der Waals surface area contributed by atoms with Crippen molar-refractivity contribution >= 4 is 11.6 Å². The zero-order chi connectivity index (χ0) is 15.6. The van der Waals surface area contributed by atoms with Gasteiger partial charge in [0.2, 0.25) is 5.91 Å². The lowest BCUT2D eigenvalue weighted by Gasteiger charge is -2.13. The first-order valence-electron chi connectivity index (χ1n) is 6.82. The van der Waals surface area contributed by atoms with Gasteiger partial charge in [0, 0.05) is 17.8 Å². The fourth-order valence-corrected chi connectivity index (χ4v) is 2.44. The molecule has 0 fully saturated rings. The summed E-state index contributed by atoms with van der Waals surface area (Å²) in [4.78, 5) is 11.3. The molecule has 2 aromatic carbocycles. The summed E-state index contributed by atoms with van der Waals surface area (Å²) in [6.07, 6.45) is 0. The number of carbonyl (C=O) groups excluding carboxylic acids is 1. The minimum atomic E-state index is -0.424. The zero-order valence-electron chi connectivity index (χ0n) is 12.5. The molecule has 0 saturated carbocycles. The van der Waals surface area contributed by atoms with Gasteiger partial charge in [0.05, 0.1) is 0 Å². The van der Waals surface area contributed by atoms with Gasteiger partial charge in [0.25, 0.3) is 0 Å². The third kappa shape index (κ3) is 3.16. The molecule has 0 aromatic heterocycles. The minimum Gasteiger partial charge on any atom is -0.507 e. The maximum atomic E-state index is 11.3. The molecule has 1 amide bonds. The fourth-order valence-electron chi connectivity index (χ4n) is 2.44. The Bertz CT molecular complexity index is 670. The van der Waals surface area contributed by atoms with Crippen molar-refractivity contribution in [3.8, 4) is 5.75 Å². The fraction of sp³-hybridized carbons (Fsp3) is 0.235. The molecule has 0 heterocycles. The predicted octanol–water partition coefficient (Wildman–Crippen LogP) is 3.03. The zero-order valence-corrected chi connectivity index (χ0v) is 12.5. The van der Waals surface area contributed by atoms with Gasteiger partial charge in [-0.25, -0.2) is 0 Å². The number of carbonyl (C=O) groups is 1. The second-order valence-electron chi connectivity index (χ2n) is 5.27. The number of aryl methyl sites for hydroxylation is 2. The highest BCUT2D eigenvalue weighted by Crippen LogP contribution is 2.24. The molecule has 110 valence electrons. The summed E-state index contributed by atoms with van der Waals surface area (Å²) in [6.45, 7) is 6.25. The largest absolute Gasteiger partial charge is 0.507 e. The Hall–Kier alpha value is -2.49. The highest BCUT2D eigenvalue weighted by atomic mass is 16.3. The summed E-state index contributed by atoms with van der Waals surface area (Å²) < 4.78 is 0. The number of benzene rings is 2. The van der Waals surface area contributed by atoms with Crippen LogP contribution in [0.15, 0.2) is 30.3 Å². The van der Waals surface area contributed by atoms with E-state index in [0.29, 0.717) is 17.9 Å². The molecule has 0 aliphatic rings. The molecule has 0 spiro atoms. The molecule has 2 rings (SSSR count). The molecule has 2 aromatic rings. The Kier molecular flexibility index (Phi) is 4.17. The Morgan fingerprint density at radius 1 is 1.19 bits per heavy atom. The molecule has 0 unspecified atom stereocenters. The van der Waals surface area contributed by atoms with Gasteiger partial charge in [-0.05, 0) is 55.2 Å². The number of rotatable bonds is 4. The van der Waals surface area contributed by atoms with Crippen LogP contribution >= 0.6 is 0 Å². The van der Waals surface area contributed by atoms with Crippen molar-refractivity contribution in [3.63, 3.8) is 0 Å². The number of phenolic OH excluding ortho intramolecular Hbond substituents is 1. The van der Waals surface area contributed by atoms with E-state index in [-0.39, 0.29) is 0 Å². The van der Waals surface area contributed by atoms with Gasteiger partial charge in [0.15, 0.2) is 0 Å². The summed E-state index contributed by atoms with van der Waals surface area (Å²) in [5.41, 5.74) is 10.4. The highest BCUT2D eigenvalue weighted by molar-refractivity contribution is 5.95. The average molecular weight is 284 g/mol. The summed E-state index contributed by atoms with van der Waals surface area (Å²) in [6, 6.07) is 9.34. The lowest BCUT2D eigenvalue weighted by molar-refractivity contribution is 0.1000. The number of nitrogens with two attached hydrogens (primary N) is 1. The van der Waals surface area contributed by atoms with E-state index in [2.05, 4.69) is 5.32 Å². The number of amides is 1. The standard InChI is InChI=1S/C17H20N2O2/c1-10-7-13(8-11(2)16(10)20)9-19-15-6-4-5-14(12(15)3)17(18)21/h4-8,19-20H,9H2,1-3H3,(H2,18,21). The van der Waals surface area contributed by atoms with Gasteiger partial charge in [-0.15, -0.1) is 0 Å². The molecule has 4 nitrogen and oxygen atoms in total. The number of aromatic hydroxyl groups is 1. The molecule has 0 bridgehead atoms. The first-order chi connectivity index (χ1) is 9.90. The molecule has 0 saturated heterocycles. The molecule has 4 N–H and O–H groups in total. The molecule has 0 atom stereocenters. The van der Waals surface area contributed by atoms with E-state index < -0.39 is 5.91 Å². The van der Waals surface area contributed by atoms with Crippen LogP contribution in [-0.4, -0.2) is 11.0 Å². The van der Waals surface area contributed by atoms with Gasteiger partial charge >= 0.3 is 0 Å². The third-order valence-electron chi connectivity index (χ3n) is 3.63. The van der Waals surface area contributed by atoms with E-state index in [1.54, 1.807) is 6.07 Å². The van der Waals surface area contributed by atoms with Crippen molar-refractivity contribution in [2.75, 3.05) is 5.32 Å². The number of nitrogens with one attached hydrogen (secondary N) is 1. The normalized spacial score (nSPS) is 10.4. The van der Waals surface area contributed by atoms with Crippen molar-refractivity contribution in [1.29, 1.82) is 0 Å². The summed E-state index contributed by atoms with van der Waals surface area (Å²) in [5.74, 6) is -0.0851. The maximum absolute atomic E-state index is 11.3. The lowest BCUT2D eigenvalue weighted by Crippen LogP contribution is -2.14. The van der Waals surface area contributed by atoms with E-state index in [4.69, 9.17) is 5.73 Å². The van der Waals surface area contributed by atoms with Crippen molar-refractivity contribution in [1.82, 2.24) is 0 Å². The topological polar surface area (TPSA) is 75.3 Å². The van der Waals surface area contributed by atoms with Crippen LogP contribution in [0.1, 0.15) is 32.6 Å². The third-order valence-corrected chi connectivity index (χ3v) is 3.63. The van der Waals surface area contributed by atoms with Crippen LogP contribution in [0.5, 0.6) is 5.75 Å². The molecule has 0 aliphatic heterocycles. The van der Waals surface area contributed by atoms with Crippen LogP contribution in [0.4, 0.5) is 5.69 Å². The summed E-state index contributed by atoms with van der Waals surface area (Å²) >= 11 is 0. The average Bonchev–Trinajstić information content (AvgIpc) is 2.43. The molecular formula is C17H20N2O2. The van der Waals surface area contributed by atoms with Crippen molar-refractivity contribution in [3.05, 3.63) is 58.1 Å². The number of phenols is 1. The van der Waals surface area contributed by atoms with E-state index >= 15 is 0 Å². The van der Waals surface area contributed by atoms with Crippen molar-refractivity contribution < 1.29 is 9.90 Å². The predicted molar refractivity (Wildman–Crippen MR) is 84.6 cm³/mol. The van der Waals surface area contributed by atoms with Crippen molar-refractivity contribution in [2.45, 2.75) is 27.3 Å². The Balaban J connectivity index is 2.21. The summed E-state index contributed by atoms with van der Waals surface area (Å²) in [5, 5.41) is 13.1. The first-order valence-corrected chi connectivity index (χ1v) is 6.82. The SMILES string of the molecule is Cc1cc(CNc2cccc(C(N)=O)c2C)cc(C)c1O. The molecular weight excluding hydrogens is 264 g/mol. The second-order valence-corrected chi connectivity index (χ2v) is 5.27. The molecule has 21 heavy (non-hydrogen) atoms. The molecule has 0 aliphatic carbocycles. The number of hydrogen-bond donors (Lipinski definition) is 3. The van der Waals surface area contributed by atoms with Gasteiger partial charge in [-0.3, -0.25) is 4.79 Å². The lowest BCUT2D eigenvalue weighted by atomic mass is 10.0. The Morgan fingerprint density at radius 3 is 2.38 bits per heavy atom. The highest BCUT2D eigenvalue weighted by Gasteiger charge is 2.09. The van der Waals surface area contributed by atoms with Crippen LogP contribution in [-0.2, 0) is 6.54 Å². The van der Waals surface area contributed by atoms with Crippen LogP contribution in [0.25, 0.3) is 0 Å². The Labute approximate surface area is 124 Å². The van der Waals surface area contributed by atoms with Crippen LogP contribution in [0, 0.1) is 20.8 Å². The number of hydrogen-bond acceptors (Lipinski definition) is 3. The molecule has 4 heteroatoms. The van der Waals surface area contributed by atoms with Crippen LogP contribution in [0.3, 0.4) is 0 Å². The summed E-state index contributed by atoms with van der Waals surface area (Å²) in [7, 11) is 0. The Morgan fingerprint density at radius 2 is 1.81 bits per heavy atom. The molecule has 0 radical (unpaired) electrons. The minimum absolute atomic E-state index is 0.339. The number of anilines is 1. The van der Waals surface area contributed by atoms with Crippen molar-refractivity contribution in [2.24, 2.45) is 5.73 Å². The monoisotopic (exact) mass is 284 g/mol. The van der Waals surface area contributed by atoms with E-state index in [1.807, 2.05) is 45.0 Å². The van der Waals surface area contributed by atoms with Gasteiger partial charge in [0.1, 0.15) is 5.75 Å². The number of primary amides is 1. The quantitative estimate of drug-likeness (QED) is 0.807. The van der Waals surface area contributed by atoms with Gasteiger partial charge in [-0.1, -0.05) is 18.2 Å². The maximum Gasteiger partial charge on any atom is 0.249 e. The van der Waals surface area contributed by atoms with Gasteiger partial charge in [-0.2, -0.15) is 0 Å². The van der Waals surface area contributed by atoms with E-state index in [1.165, 1.54) is 0 Å². The van der Waals surface area contributed by atoms with Gasteiger partial charge < -0.3 is 16.2 Å². The van der Waals surface area contributed by atoms with Crippen LogP contribution in [0.2, 0.25) is 0 Å². The smallest absolute Gasteiger partial charge is 0.249 e. The van der Waals surface area contributed by atoms with E-state index in [9.17, 15) is 9.90 Å². The second kappa shape index (κ2) is 5.87. The van der Waals surface area contributed by atoms with E-state index in [0.717, 1.165) is 27.9 Å².